The van der Waals surface area contributed by atoms with Crippen LogP contribution in [0.25, 0.3) is 0 Å². The highest BCUT2D eigenvalue weighted by Crippen LogP contribution is 2.16. The zero-order valence-electron chi connectivity index (χ0n) is 9.82. The molecule has 0 aliphatic carbocycles. The second kappa shape index (κ2) is 5.80. The van der Waals surface area contributed by atoms with Gasteiger partial charge in [0, 0.05) is 6.42 Å². The lowest BCUT2D eigenvalue weighted by molar-refractivity contribution is -0.116. The van der Waals surface area contributed by atoms with Gasteiger partial charge in [0.25, 0.3) is 0 Å². The summed E-state index contributed by atoms with van der Waals surface area (Å²) in [7, 11) is 0. The normalized spacial score (nSPS) is 9.47. The van der Waals surface area contributed by atoms with Crippen LogP contribution in [0.4, 0.5) is 0 Å². The Morgan fingerprint density at radius 2 is 2.12 bits per heavy atom. The molecule has 0 saturated heterocycles. The molecule has 0 spiro atoms. The number of esters is 1. The summed E-state index contributed by atoms with van der Waals surface area (Å²) in [6.07, 6.45) is 0.0673. The number of nitrogens with zero attached hydrogens (tertiary/aromatic N) is 1. The lowest BCUT2D eigenvalue weighted by Crippen LogP contribution is -2.11. The van der Waals surface area contributed by atoms with E-state index in [0.717, 1.165) is 0 Å². The molecule has 4 heteroatoms. The van der Waals surface area contributed by atoms with Crippen molar-refractivity contribution in [1.29, 1.82) is 5.26 Å². The van der Waals surface area contributed by atoms with E-state index in [-0.39, 0.29) is 18.8 Å². The lowest BCUT2D eigenvalue weighted by atomic mass is 9.97. The third kappa shape index (κ3) is 3.15. The van der Waals surface area contributed by atoms with E-state index in [1.54, 1.807) is 25.1 Å². The minimum atomic E-state index is -0.499. The van der Waals surface area contributed by atoms with Crippen LogP contribution in [0.3, 0.4) is 0 Å². The molecule has 0 amide bonds. The summed E-state index contributed by atoms with van der Waals surface area (Å²) < 4.78 is 4.89. The minimum absolute atomic E-state index is 0.0673. The van der Waals surface area contributed by atoms with Crippen LogP contribution in [0, 0.1) is 11.3 Å². The van der Waals surface area contributed by atoms with E-state index in [1.165, 1.54) is 6.92 Å². The van der Waals surface area contributed by atoms with Gasteiger partial charge in [-0.15, -0.1) is 0 Å². The maximum Gasteiger partial charge on any atom is 0.338 e. The molecule has 0 bridgehead atoms. The number of Topliss-reactive ketones (excluding diaryl/α,β-unsaturated/α-hetero) is 1. The zero-order valence-corrected chi connectivity index (χ0v) is 9.82. The molecule has 0 aliphatic rings. The first kappa shape index (κ1) is 12.9. The Balaban J connectivity index is 3.24. The van der Waals surface area contributed by atoms with E-state index in [2.05, 4.69) is 0 Å². The van der Waals surface area contributed by atoms with Crippen molar-refractivity contribution in [3.05, 3.63) is 34.9 Å². The largest absolute Gasteiger partial charge is 0.462 e. The standard InChI is InChI=1S/C13H13NO3/c1-3-17-13(16)11-6-4-5-10(8-14)12(11)7-9(2)15/h4-6H,3,7H2,1-2H3. The van der Waals surface area contributed by atoms with Crippen LogP contribution in [0.15, 0.2) is 18.2 Å². The number of hydrogen-bond acceptors (Lipinski definition) is 4. The minimum Gasteiger partial charge on any atom is -0.462 e. The fraction of sp³-hybridized carbons (Fsp3) is 0.308. The Labute approximate surface area is 99.8 Å². The number of carbonyl (C=O) groups is 2. The predicted octanol–water partition coefficient (Wildman–Crippen LogP) is 1.87. The van der Waals surface area contributed by atoms with Gasteiger partial charge in [-0.3, -0.25) is 4.79 Å². The van der Waals surface area contributed by atoms with Crippen LogP contribution in [0.5, 0.6) is 0 Å². The van der Waals surface area contributed by atoms with Gasteiger partial charge in [-0.05, 0) is 31.5 Å². The highest BCUT2D eigenvalue weighted by atomic mass is 16.5. The molecule has 4 nitrogen and oxygen atoms in total. The number of ketones is 1. The third-order valence-electron chi connectivity index (χ3n) is 2.22. The van der Waals surface area contributed by atoms with E-state index in [0.29, 0.717) is 16.7 Å². The highest BCUT2D eigenvalue weighted by molar-refractivity contribution is 5.94. The summed E-state index contributed by atoms with van der Waals surface area (Å²) in [5.74, 6) is -0.598. The Hall–Kier alpha value is -2.15. The molecule has 0 aromatic heterocycles. The van der Waals surface area contributed by atoms with Crippen LogP contribution in [-0.2, 0) is 16.0 Å². The molecule has 0 radical (unpaired) electrons. The van der Waals surface area contributed by atoms with Gasteiger partial charge in [0.15, 0.2) is 0 Å². The SMILES string of the molecule is CCOC(=O)c1cccc(C#N)c1CC(C)=O. The van der Waals surface area contributed by atoms with Gasteiger partial charge in [0.2, 0.25) is 0 Å². The van der Waals surface area contributed by atoms with Crippen molar-refractivity contribution in [3.63, 3.8) is 0 Å². The summed E-state index contributed by atoms with van der Waals surface area (Å²) in [5, 5.41) is 8.95. The van der Waals surface area contributed by atoms with Gasteiger partial charge < -0.3 is 4.74 Å². The quantitative estimate of drug-likeness (QED) is 0.742. The number of rotatable bonds is 4. The molecule has 1 rings (SSSR count). The van der Waals surface area contributed by atoms with Crippen molar-refractivity contribution in [3.8, 4) is 6.07 Å². The molecule has 0 heterocycles. The molecule has 0 N–H and O–H groups in total. The number of benzene rings is 1. The maximum absolute atomic E-state index is 11.7. The van der Waals surface area contributed by atoms with E-state index in [1.807, 2.05) is 6.07 Å². The number of hydrogen-bond donors (Lipinski definition) is 0. The first-order valence-electron chi connectivity index (χ1n) is 5.28. The van der Waals surface area contributed by atoms with Crippen molar-refractivity contribution in [1.82, 2.24) is 0 Å². The van der Waals surface area contributed by atoms with Gasteiger partial charge in [0.1, 0.15) is 5.78 Å². The van der Waals surface area contributed by atoms with Crippen LogP contribution in [0.2, 0.25) is 0 Å². The molecular formula is C13H13NO3. The smallest absolute Gasteiger partial charge is 0.338 e. The van der Waals surface area contributed by atoms with E-state index in [4.69, 9.17) is 10.00 Å². The van der Waals surface area contributed by atoms with Crippen molar-refractivity contribution in [2.45, 2.75) is 20.3 Å². The number of nitriles is 1. The second-order valence-electron chi connectivity index (χ2n) is 3.54. The molecule has 0 saturated carbocycles. The second-order valence-corrected chi connectivity index (χ2v) is 3.54. The fourth-order valence-electron chi connectivity index (χ4n) is 1.53. The fourth-order valence-corrected chi connectivity index (χ4v) is 1.53. The van der Waals surface area contributed by atoms with E-state index < -0.39 is 5.97 Å². The Bertz CT molecular complexity index is 486. The molecule has 1 aromatic rings. The van der Waals surface area contributed by atoms with Crippen LogP contribution in [-0.4, -0.2) is 18.4 Å². The van der Waals surface area contributed by atoms with Gasteiger partial charge in [-0.25, -0.2) is 4.79 Å². The molecule has 0 fully saturated rings. The van der Waals surface area contributed by atoms with Crippen molar-refractivity contribution in [2.24, 2.45) is 0 Å². The van der Waals surface area contributed by atoms with E-state index in [9.17, 15) is 9.59 Å². The van der Waals surface area contributed by atoms with E-state index >= 15 is 0 Å². The van der Waals surface area contributed by atoms with Gasteiger partial charge in [-0.2, -0.15) is 5.26 Å². The van der Waals surface area contributed by atoms with Crippen LogP contribution in [0.1, 0.15) is 35.3 Å². The summed E-state index contributed by atoms with van der Waals surface area (Å²) in [5.41, 5.74) is 1.08. The summed E-state index contributed by atoms with van der Waals surface area (Å²) in [6, 6.07) is 6.73. The first-order valence-corrected chi connectivity index (χ1v) is 5.28. The summed E-state index contributed by atoms with van der Waals surface area (Å²) in [4.78, 5) is 22.8. The molecule has 17 heavy (non-hydrogen) atoms. The molecule has 88 valence electrons. The molecular weight excluding hydrogens is 218 g/mol. The molecule has 1 aromatic carbocycles. The predicted molar refractivity (Wildman–Crippen MR) is 61.5 cm³/mol. The van der Waals surface area contributed by atoms with Crippen molar-refractivity contribution in [2.75, 3.05) is 6.61 Å². The molecule has 0 atom stereocenters. The average Bonchev–Trinajstić information content (AvgIpc) is 2.28. The first-order chi connectivity index (χ1) is 8.10. The topological polar surface area (TPSA) is 67.2 Å². The Kier molecular flexibility index (Phi) is 4.41. The molecule has 0 aliphatic heterocycles. The average molecular weight is 231 g/mol. The Morgan fingerprint density at radius 3 is 2.65 bits per heavy atom. The third-order valence-corrected chi connectivity index (χ3v) is 2.22. The monoisotopic (exact) mass is 231 g/mol. The number of carbonyl (C=O) groups excluding carboxylic acids is 2. The highest BCUT2D eigenvalue weighted by Gasteiger charge is 2.16. The van der Waals surface area contributed by atoms with Gasteiger partial charge in [-0.1, -0.05) is 6.07 Å². The van der Waals surface area contributed by atoms with Crippen LogP contribution >= 0.6 is 0 Å². The van der Waals surface area contributed by atoms with Gasteiger partial charge in [0.05, 0.1) is 23.8 Å². The van der Waals surface area contributed by atoms with Crippen molar-refractivity contribution >= 4 is 11.8 Å². The molecule has 0 unspecified atom stereocenters. The number of ether oxygens (including phenoxy) is 1. The van der Waals surface area contributed by atoms with Crippen molar-refractivity contribution < 1.29 is 14.3 Å². The maximum atomic E-state index is 11.7. The zero-order chi connectivity index (χ0) is 12.8. The summed E-state index contributed by atoms with van der Waals surface area (Å²) in [6.45, 7) is 3.38. The lowest BCUT2D eigenvalue weighted by Gasteiger charge is -2.08. The summed E-state index contributed by atoms with van der Waals surface area (Å²) >= 11 is 0. The van der Waals surface area contributed by atoms with Gasteiger partial charge >= 0.3 is 5.97 Å². The Morgan fingerprint density at radius 1 is 1.41 bits per heavy atom. The van der Waals surface area contributed by atoms with Crippen LogP contribution < -0.4 is 0 Å².